The van der Waals surface area contributed by atoms with E-state index in [2.05, 4.69) is 4.72 Å². The molecule has 6 nitrogen and oxygen atoms in total. The standard InChI is InChI=1S/C17H15ClFN3O3S/c1-22(10-2-9-20)17(23)12-3-5-13(6-4-12)21-26(24,25)14-7-8-16(19)15(18)11-14/h3-8,11,21H,2,10H2,1H3. The van der Waals surface area contributed by atoms with Crippen molar-refractivity contribution in [2.45, 2.75) is 11.3 Å². The molecule has 1 N–H and O–H groups in total. The average Bonchev–Trinajstić information content (AvgIpc) is 2.61. The summed E-state index contributed by atoms with van der Waals surface area (Å²) in [6.45, 7) is 0.301. The van der Waals surface area contributed by atoms with Crippen LogP contribution >= 0.6 is 11.6 Å². The van der Waals surface area contributed by atoms with Crippen molar-refractivity contribution >= 4 is 33.2 Å². The maximum absolute atomic E-state index is 13.2. The van der Waals surface area contributed by atoms with Gasteiger partial charge in [0.05, 0.1) is 22.4 Å². The summed E-state index contributed by atoms with van der Waals surface area (Å²) in [5.74, 6) is -0.992. The number of benzene rings is 2. The van der Waals surface area contributed by atoms with Crippen LogP contribution in [0, 0.1) is 17.1 Å². The molecular formula is C17H15ClFN3O3S. The lowest BCUT2D eigenvalue weighted by Crippen LogP contribution is -2.27. The lowest BCUT2D eigenvalue weighted by Gasteiger charge is -2.15. The minimum absolute atomic E-state index is 0.180. The number of nitrogens with one attached hydrogen (secondary N) is 1. The first-order chi connectivity index (χ1) is 12.2. The minimum atomic E-state index is -3.95. The number of rotatable bonds is 6. The SMILES string of the molecule is CN(CCC#N)C(=O)c1ccc(NS(=O)(=O)c2ccc(F)c(Cl)c2)cc1. The average molecular weight is 396 g/mol. The molecule has 0 bridgehead atoms. The number of hydrogen-bond donors (Lipinski definition) is 1. The molecule has 0 radical (unpaired) electrons. The highest BCUT2D eigenvalue weighted by atomic mass is 35.5. The maximum Gasteiger partial charge on any atom is 0.261 e. The van der Waals surface area contributed by atoms with Crippen LogP contribution in [0.2, 0.25) is 5.02 Å². The lowest BCUT2D eigenvalue weighted by molar-refractivity contribution is 0.0798. The minimum Gasteiger partial charge on any atom is -0.341 e. The van der Waals surface area contributed by atoms with Gasteiger partial charge < -0.3 is 4.90 Å². The zero-order valence-electron chi connectivity index (χ0n) is 13.7. The summed E-state index contributed by atoms with van der Waals surface area (Å²) >= 11 is 5.61. The smallest absolute Gasteiger partial charge is 0.261 e. The molecule has 0 aliphatic rings. The summed E-state index contributed by atoms with van der Waals surface area (Å²) in [6, 6.07) is 10.9. The van der Waals surface area contributed by atoms with E-state index in [4.69, 9.17) is 16.9 Å². The molecule has 0 aromatic heterocycles. The number of amides is 1. The molecule has 0 aliphatic heterocycles. The van der Waals surface area contributed by atoms with E-state index in [0.29, 0.717) is 12.1 Å². The van der Waals surface area contributed by atoms with Crippen LogP contribution in [-0.2, 0) is 10.0 Å². The number of nitrogens with zero attached hydrogens (tertiary/aromatic N) is 2. The van der Waals surface area contributed by atoms with E-state index in [9.17, 15) is 17.6 Å². The fourth-order valence-electron chi connectivity index (χ4n) is 2.08. The van der Waals surface area contributed by atoms with Gasteiger partial charge in [-0.1, -0.05) is 11.6 Å². The van der Waals surface area contributed by atoms with Gasteiger partial charge in [0, 0.05) is 24.8 Å². The Labute approximate surface area is 155 Å². The zero-order valence-corrected chi connectivity index (χ0v) is 15.3. The Bertz CT molecular complexity index is 956. The Morgan fingerprint density at radius 1 is 1.27 bits per heavy atom. The fourth-order valence-corrected chi connectivity index (χ4v) is 3.41. The van der Waals surface area contributed by atoms with E-state index in [1.54, 1.807) is 7.05 Å². The molecular weight excluding hydrogens is 381 g/mol. The normalized spacial score (nSPS) is 10.8. The van der Waals surface area contributed by atoms with E-state index in [1.807, 2.05) is 6.07 Å². The van der Waals surface area contributed by atoms with Crippen LogP contribution in [0.5, 0.6) is 0 Å². The van der Waals surface area contributed by atoms with Crippen molar-refractivity contribution < 1.29 is 17.6 Å². The van der Waals surface area contributed by atoms with Gasteiger partial charge in [-0.25, -0.2) is 12.8 Å². The van der Waals surface area contributed by atoms with Crippen molar-refractivity contribution in [3.05, 3.63) is 58.9 Å². The van der Waals surface area contributed by atoms with Crippen molar-refractivity contribution in [1.29, 1.82) is 5.26 Å². The molecule has 0 spiro atoms. The summed E-state index contributed by atoms with van der Waals surface area (Å²) < 4.78 is 40.1. The van der Waals surface area contributed by atoms with Crippen LogP contribution in [0.15, 0.2) is 47.4 Å². The number of halogens is 2. The summed E-state index contributed by atoms with van der Waals surface area (Å²) in [5, 5.41) is 8.26. The maximum atomic E-state index is 13.2. The molecule has 2 rings (SSSR count). The fraction of sp³-hybridized carbons (Fsp3) is 0.176. The molecule has 1 amide bonds. The van der Waals surface area contributed by atoms with Gasteiger partial charge in [0.2, 0.25) is 0 Å². The van der Waals surface area contributed by atoms with Crippen LogP contribution in [0.25, 0.3) is 0 Å². The van der Waals surface area contributed by atoms with E-state index in [1.165, 1.54) is 29.2 Å². The van der Waals surface area contributed by atoms with Gasteiger partial charge in [0.15, 0.2) is 0 Å². The Hall–Kier alpha value is -2.63. The predicted octanol–water partition coefficient (Wildman–Crippen LogP) is 3.27. The topological polar surface area (TPSA) is 90.3 Å². The monoisotopic (exact) mass is 395 g/mol. The summed E-state index contributed by atoms with van der Waals surface area (Å²) in [6.07, 6.45) is 0.223. The van der Waals surface area contributed by atoms with Crippen molar-refractivity contribution in [1.82, 2.24) is 4.90 Å². The number of hydrogen-bond acceptors (Lipinski definition) is 4. The first-order valence-corrected chi connectivity index (χ1v) is 9.31. The van der Waals surface area contributed by atoms with Crippen molar-refractivity contribution in [2.24, 2.45) is 0 Å². The van der Waals surface area contributed by atoms with Gasteiger partial charge >= 0.3 is 0 Å². The number of anilines is 1. The third kappa shape index (κ3) is 4.71. The highest BCUT2D eigenvalue weighted by Gasteiger charge is 2.17. The summed E-state index contributed by atoms with van der Waals surface area (Å²) in [5.41, 5.74) is 0.597. The third-order valence-electron chi connectivity index (χ3n) is 3.49. The van der Waals surface area contributed by atoms with Crippen LogP contribution in [0.3, 0.4) is 0 Å². The summed E-state index contributed by atoms with van der Waals surface area (Å²) in [7, 11) is -2.37. The third-order valence-corrected chi connectivity index (χ3v) is 5.16. The Morgan fingerprint density at radius 3 is 2.50 bits per heavy atom. The largest absolute Gasteiger partial charge is 0.341 e. The van der Waals surface area contributed by atoms with Gasteiger partial charge in [-0.05, 0) is 42.5 Å². The number of nitriles is 1. The zero-order chi connectivity index (χ0) is 19.3. The first kappa shape index (κ1) is 19.7. The van der Waals surface area contributed by atoms with Gasteiger partial charge in [0.1, 0.15) is 5.82 Å². The second-order valence-electron chi connectivity index (χ2n) is 5.39. The molecule has 2 aromatic carbocycles. The highest BCUT2D eigenvalue weighted by Crippen LogP contribution is 2.22. The van der Waals surface area contributed by atoms with E-state index < -0.39 is 15.8 Å². The molecule has 0 heterocycles. The van der Waals surface area contributed by atoms with E-state index >= 15 is 0 Å². The molecule has 0 saturated carbocycles. The van der Waals surface area contributed by atoms with Crippen LogP contribution in [0.4, 0.5) is 10.1 Å². The quantitative estimate of drug-likeness (QED) is 0.812. The lowest BCUT2D eigenvalue weighted by atomic mass is 10.2. The second kappa shape index (κ2) is 8.17. The molecule has 0 saturated heterocycles. The molecule has 26 heavy (non-hydrogen) atoms. The van der Waals surface area contributed by atoms with Crippen molar-refractivity contribution in [3.8, 4) is 6.07 Å². The second-order valence-corrected chi connectivity index (χ2v) is 7.48. The Morgan fingerprint density at radius 2 is 1.92 bits per heavy atom. The van der Waals surface area contributed by atoms with Crippen molar-refractivity contribution in [3.63, 3.8) is 0 Å². The molecule has 0 aliphatic carbocycles. The van der Waals surface area contributed by atoms with E-state index in [-0.39, 0.29) is 27.9 Å². The molecule has 0 fully saturated rings. The van der Waals surface area contributed by atoms with Crippen LogP contribution in [-0.4, -0.2) is 32.8 Å². The molecule has 136 valence electrons. The molecule has 0 atom stereocenters. The predicted molar refractivity (Wildman–Crippen MR) is 95.9 cm³/mol. The molecule has 0 unspecified atom stereocenters. The Balaban J connectivity index is 2.14. The van der Waals surface area contributed by atoms with E-state index in [0.717, 1.165) is 18.2 Å². The van der Waals surface area contributed by atoms with Gasteiger partial charge in [-0.3, -0.25) is 9.52 Å². The summed E-state index contributed by atoms with van der Waals surface area (Å²) in [4.78, 5) is 13.4. The number of carbonyl (C=O) groups excluding carboxylic acids is 1. The molecule has 9 heteroatoms. The Kier molecular flexibility index (Phi) is 6.18. The molecule has 2 aromatic rings. The number of sulfonamides is 1. The van der Waals surface area contributed by atoms with Crippen molar-refractivity contribution in [2.75, 3.05) is 18.3 Å². The first-order valence-electron chi connectivity index (χ1n) is 7.45. The van der Waals surface area contributed by atoms with Gasteiger partial charge in [0.25, 0.3) is 15.9 Å². The van der Waals surface area contributed by atoms with Gasteiger partial charge in [-0.15, -0.1) is 0 Å². The number of carbonyl (C=O) groups is 1. The highest BCUT2D eigenvalue weighted by molar-refractivity contribution is 7.92. The van der Waals surface area contributed by atoms with Gasteiger partial charge in [-0.2, -0.15) is 5.26 Å². The van der Waals surface area contributed by atoms with Crippen LogP contribution in [0.1, 0.15) is 16.8 Å². The van der Waals surface area contributed by atoms with Crippen LogP contribution < -0.4 is 4.72 Å².